The monoisotopic (exact) mass is 189 g/mol. The van der Waals surface area contributed by atoms with Crippen LogP contribution < -0.4 is 10.4 Å². The maximum absolute atomic E-state index is 10.4. The number of anilines is 1. The molecule has 0 spiro atoms. The van der Waals surface area contributed by atoms with Crippen molar-refractivity contribution in [1.29, 1.82) is 0 Å². The quantitative estimate of drug-likeness (QED) is 0.711. The molecule has 0 atom stereocenters. The minimum absolute atomic E-state index is 0.617. The zero-order valence-electron chi connectivity index (χ0n) is 7.90. The van der Waals surface area contributed by atoms with Crippen molar-refractivity contribution in [3.8, 4) is 0 Å². The summed E-state index contributed by atoms with van der Waals surface area (Å²) in [5, 5.41) is 1.92. The standard InChI is InChI=1S/C10H11N3O/c1-8-11-7-13(12-8)10-4-2-9(6-14)3-5-10/h2-6H,7H2,1H3,(H,11,12). The molecule has 0 saturated carbocycles. The number of amidine groups is 1. The van der Waals surface area contributed by atoms with Crippen molar-refractivity contribution >= 4 is 17.8 Å². The van der Waals surface area contributed by atoms with Gasteiger partial charge in [-0.25, -0.2) is 4.99 Å². The molecule has 72 valence electrons. The molecule has 1 heterocycles. The summed E-state index contributed by atoms with van der Waals surface area (Å²) in [6.45, 7) is 2.53. The molecule has 0 amide bonds. The number of carbonyl (C=O) groups excluding carboxylic acids is 1. The van der Waals surface area contributed by atoms with Gasteiger partial charge in [-0.2, -0.15) is 0 Å². The van der Waals surface area contributed by atoms with Gasteiger partial charge in [0.2, 0.25) is 0 Å². The highest BCUT2D eigenvalue weighted by Gasteiger charge is 2.10. The first-order valence-corrected chi connectivity index (χ1v) is 4.40. The van der Waals surface area contributed by atoms with E-state index in [1.807, 2.05) is 24.1 Å². The van der Waals surface area contributed by atoms with E-state index < -0.39 is 0 Å². The maximum Gasteiger partial charge on any atom is 0.150 e. The molecule has 4 heteroatoms. The van der Waals surface area contributed by atoms with Gasteiger partial charge in [-0.1, -0.05) is 0 Å². The summed E-state index contributed by atoms with van der Waals surface area (Å²) < 4.78 is 0. The Labute approximate surface area is 82.2 Å². The van der Waals surface area contributed by atoms with Crippen molar-refractivity contribution in [2.75, 3.05) is 11.7 Å². The summed E-state index contributed by atoms with van der Waals surface area (Å²) in [6.07, 6.45) is 0.836. The molecule has 0 bridgehead atoms. The smallest absolute Gasteiger partial charge is 0.150 e. The lowest BCUT2D eigenvalue weighted by Gasteiger charge is -2.17. The second-order valence-corrected chi connectivity index (χ2v) is 3.13. The summed E-state index contributed by atoms with van der Waals surface area (Å²) >= 11 is 0. The molecule has 0 radical (unpaired) electrons. The van der Waals surface area contributed by atoms with Gasteiger partial charge in [0.05, 0.1) is 5.69 Å². The van der Waals surface area contributed by atoms with Crippen molar-refractivity contribution in [3.63, 3.8) is 0 Å². The van der Waals surface area contributed by atoms with Gasteiger partial charge >= 0.3 is 0 Å². The second kappa shape index (κ2) is 3.49. The van der Waals surface area contributed by atoms with E-state index in [2.05, 4.69) is 10.4 Å². The van der Waals surface area contributed by atoms with Crippen molar-refractivity contribution in [1.82, 2.24) is 5.43 Å². The zero-order valence-corrected chi connectivity index (χ0v) is 7.90. The molecule has 1 aliphatic heterocycles. The average molecular weight is 189 g/mol. The minimum atomic E-state index is 0.617. The van der Waals surface area contributed by atoms with Gasteiger partial charge < -0.3 is 0 Å². The highest BCUT2D eigenvalue weighted by Crippen LogP contribution is 2.14. The van der Waals surface area contributed by atoms with Gasteiger partial charge in [-0.05, 0) is 31.2 Å². The van der Waals surface area contributed by atoms with Gasteiger partial charge in [0.15, 0.2) is 0 Å². The Morgan fingerprint density at radius 3 is 2.64 bits per heavy atom. The first kappa shape index (κ1) is 8.74. The summed E-state index contributed by atoms with van der Waals surface area (Å²) in [7, 11) is 0. The lowest BCUT2D eigenvalue weighted by Crippen LogP contribution is -2.34. The van der Waals surface area contributed by atoms with Crippen LogP contribution in [0, 0.1) is 0 Å². The first-order valence-electron chi connectivity index (χ1n) is 4.40. The van der Waals surface area contributed by atoms with Crippen LogP contribution in [0.5, 0.6) is 0 Å². The maximum atomic E-state index is 10.4. The van der Waals surface area contributed by atoms with E-state index in [-0.39, 0.29) is 0 Å². The van der Waals surface area contributed by atoms with Gasteiger partial charge in [0.25, 0.3) is 0 Å². The van der Waals surface area contributed by atoms with Crippen LogP contribution in [0.3, 0.4) is 0 Å². The number of nitrogens with zero attached hydrogens (tertiary/aromatic N) is 2. The third-order valence-corrected chi connectivity index (χ3v) is 2.09. The van der Waals surface area contributed by atoms with Crippen LogP contribution >= 0.6 is 0 Å². The lowest BCUT2D eigenvalue weighted by molar-refractivity contribution is 0.112. The Hall–Kier alpha value is -1.84. The number of aliphatic imine (C=N–C) groups is 1. The molecular weight excluding hydrogens is 178 g/mol. The fourth-order valence-electron chi connectivity index (χ4n) is 1.32. The average Bonchev–Trinajstić information content (AvgIpc) is 2.65. The molecule has 2 rings (SSSR count). The lowest BCUT2D eigenvalue weighted by atomic mass is 10.2. The van der Waals surface area contributed by atoms with Crippen LogP contribution in [0.25, 0.3) is 0 Å². The molecule has 0 saturated heterocycles. The van der Waals surface area contributed by atoms with Crippen LogP contribution in [-0.2, 0) is 0 Å². The topological polar surface area (TPSA) is 44.7 Å². The second-order valence-electron chi connectivity index (χ2n) is 3.13. The summed E-state index contributed by atoms with van der Waals surface area (Å²) in [6, 6.07) is 7.37. The minimum Gasteiger partial charge on any atom is -0.298 e. The molecule has 14 heavy (non-hydrogen) atoms. The number of rotatable bonds is 2. The Kier molecular flexibility index (Phi) is 2.18. The Morgan fingerprint density at radius 2 is 2.14 bits per heavy atom. The third-order valence-electron chi connectivity index (χ3n) is 2.09. The van der Waals surface area contributed by atoms with Crippen LogP contribution in [0.15, 0.2) is 29.3 Å². The largest absolute Gasteiger partial charge is 0.298 e. The fraction of sp³-hybridized carbons (Fsp3) is 0.200. The van der Waals surface area contributed by atoms with E-state index in [9.17, 15) is 4.79 Å². The van der Waals surface area contributed by atoms with Gasteiger partial charge in [0.1, 0.15) is 18.8 Å². The SMILES string of the molecule is CC1=NCN(c2ccc(C=O)cc2)N1. The predicted molar refractivity (Wildman–Crippen MR) is 55.4 cm³/mol. The summed E-state index contributed by atoms with van der Waals surface area (Å²) in [4.78, 5) is 14.6. The number of nitrogens with one attached hydrogen (secondary N) is 1. The number of benzene rings is 1. The Morgan fingerprint density at radius 1 is 1.43 bits per heavy atom. The Balaban J connectivity index is 2.14. The Bertz CT molecular complexity index is 369. The van der Waals surface area contributed by atoms with E-state index in [0.717, 1.165) is 17.8 Å². The number of hydrazine groups is 1. The predicted octanol–water partition coefficient (Wildman–Crippen LogP) is 1.20. The van der Waals surface area contributed by atoms with Crippen LogP contribution in [-0.4, -0.2) is 18.8 Å². The van der Waals surface area contributed by atoms with E-state index in [1.165, 1.54) is 0 Å². The van der Waals surface area contributed by atoms with Gasteiger partial charge in [0, 0.05) is 5.56 Å². The van der Waals surface area contributed by atoms with Crippen LogP contribution in [0.2, 0.25) is 0 Å². The molecule has 1 aromatic carbocycles. The van der Waals surface area contributed by atoms with E-state index in [1.54, 1.807) is 12.1 Å². The molecule has 1 N–H and O–H groups in total. The molecule has 1 aliphatic rings. The number of aldehydes is 1. The van der Waals surface area contributed by atoms with Gasteiger partial charge in [-0.3, -0.25) is 15.2 Å². The van der Waals surface area contributed by atoms with Gasteiger partial charge in [-0.15, -0.1) is 0 Å². The molecule has 0 aliphatic carbocycles. The molecule has 0 unspecified atom stereocenters. The van der Waals surface area contributed by atoms with Crippen molar-refractivity contribution in [2.45, 2.75) is 6.92 Å². The zero-order chi connectivity index (χ0) is 9.97. The normalized spacial score (nSPS) is 14.9. The summed E-state index contributed by atoms with van der Waals surface area (Å²) in [5.74, 6) is 0.907. The van der Waals surface area contributed by atoms with E-state index >= 15 is 0 Å². The van der Waals surface area contributed by atoms with E-state index in [0.29, 0.717) is 12.2 Å². The summed E-state index contributed by atoms with van der Waals surface area (Å²) in [5.41, 5.74) is 4.80. The van der Waals surface area contributed by atoms with Crippen LogP contribution in [0.4, 0.5) is 5.69 Å². The number of hydrogen-bond donors (Lipinski definition) is 1. The highest BCUT2D eigenvalue weighted by atomic mass is 16.1. The van der Waals surface area contributed by atoms with E-state index in [4.69, 9.17) is 0 Å². The van der Waals surface area contributed by atoms with Crippen LogP contribution in [0.1, 0.15) is 17.3 Å². The molecule has 0 fully saturated rings. The first-order chi connectivity index (χ1) is 6.79. The fourth-order valence-corrected chi connectivity index (χ4v) is 1.32. The molecule has 0 aromatic heterocycles. The molecular formula is C10H11N3O. The third kappa shape index (κ3) is 1.59. The number of hydrogen-bond acceptors (Lipinski definition) is 4. The number of carbonyl (C=O) groups is 1. The van der Waals surface area contributed by atoms with Crippen molar-refractivity contribution in [3.05, 3.63) is 29.8 Å². The molecule has 4 nitrogen and oxygen atoms in total. The highest BCUT2D eigenvalue weighted by molar-refractivity contribution is 5.83. The van der Waals surface area contributed by atoms with Crippen molar-refractivity contribution < 1.29 is 4.79 Å². The van der Waals surface area contributed by atoms with Crippen molar-refractivity contribution in [2.24, 2.45) is 4.99 Å². The molecule has 1 aromatic rings.